The zero-order chi connectivity index (χ0) is 34.5. The van der Waals surface area contributed by atoms with Gasteiger partial charge in [-0.25, -0.2) is 0 Å². The van der Waals surface area contributed by atoms with Gasteiger partial charge in [-0.3, -0.25) is 14.4 Å². The average molecular weight is 669 g/mol. The molecular weight excluding hydrogens is 624 g/mol. The molecule has 10 heteroatoms. The van der Waals surface area contributed by atoms with Crippen LogP contribution in [0.15, 0.2) is 103 Å². The molecular formula is C39H44N2O8. The highest BCUT2D eigenvalue weighted by atomic mass is 16.5. The Bertz CT molecular complexity index is 1570. The summed E-state index contributed by atoms with van der Waals surface area (Å²) in [6.45, 7) is 5.19. The van der Waals surface area contributed by atoms with Gasteiger partial charge in [-0.05, 0) is 35.7 Å². The van der Waals surface area contributed by atoms with Gasteiger partial charge in [0.05, 0.1) is 44.2 Å². The maximum Gasteiger partial charge on any atom is 0.255 e. The first-order valence-corrected chi connectivity index (χ1v) is 16.4. The van der Waals surface area contributed by atoms with Crippen molar-refractivity contribution in [2.75, 3.05) is 46.2 Å². The number of carbonyl (C=O) groups excluding carboxylic acids is 3. The number of rotatable bonds is 22. The summed E-state index contributed by atoms with van der Waals surface area (Å²) in [6.07, 6.45) is 0.912. The van der Waals surface area contributed by atoms with Gasteiger partial charge in [0, 0.05) is 19.6 Å². The molecule has 10 nitrogen and oxygen atoms in total. The maximum atomic E-state index is 14.0. The van der Waals surface area contributed by atoms with Gasteiger partial charge in [-0.15, -0.1) is 0 Å². The molecule has 0 radical (unpaired) electrons. The summed E-state index contributed by atoms with van der Waals surface area (Å²) < 4.78 is 28.6. The smallest absolute Gasteiger partial charge is 0.255 e. The molecule has 0 unspecified atom stereocenters. The molecule has 0 heterocycles. The van der Waals surface area contributed by atoms with Crippen LogP contribution in [-0.2, 0) is 38.6 Å². The molecule has 258 valence electrons. The van der Waals surface area contributed by atoms with Crippen molar-refractivity contribution in [3.8, 4) is 11.5 Å². The SMILES string of the molecule is CCOCCOCCOCCNC(=O)[C@H](Cc1ccccc1)NC(=O)c1ccc(C=O)c(OCc2ccccc2)c1OCc1ccccc1. The van der Waals surface area contributed by atoms with Crippen LogP contribution in [0.2, 0.25) is 0 Å². The standard InChI is InChI=1S/C39H44N2O8/c1-2-45-22-23-47-25-24-46-21-20-40-39(44)35(26-30-12-6-3-7-13-30)41-38(43)34-19-18-33(27-42)36(48-28-31-14-8-4-9-15-31)37(34)49-29-32-16-10-5-11-17-32/h3-19,27,35H,2,20-26,28-29H2,1H3,(H,40,44)(H,41,43)/t35-/m0/s1. The third-order valence-electron chi connectivity index (χ3n) is 7.36. The van der Waals surface area contributed by atoms with Crippen molar-refractivity contribution in [2.45, 2.75) is 32.6 Å². The Kier molecular flexibility index (Phi) is 15.8. The van der Waals surface area contributed by atoms with Crippen molar-refractivity contribution in [1.29, 1.82) is 0 Å². The van der Waals surface area contributed by atoms with Crippen LogP contribution >= 0.6 is 0 Å². The normalized spacial score (nSPS) is 11.4. The van der Waals surface area contributed by atoms with Crippen molar-refractivity contribution >= 4 is 18.1 Å². The van der Waals surface area contributed by atoms with Crippen LogP contribution < -0.4 is 20.1 Å². The molecule has 0 fully saturated rings. The predicted octanol–water partition coefficient (Wildman–Crippen LogP) is 5.18. The highest BCUT2D eigenvalue weighted by molar-refractivity contribution is 6.01. The summed E-state index contributed by atoms with van der Waals surface area (Å²) in [7, 11) is 0. The highest BCUT2D eigenvalue weighted by Crippen LogP contribution is 2.36. The van der Waals surface area contributed by atoms with E-state index in [4.69, 9.17) is 23.7 Å². The summed E-state index contributed by atoms with van der Waals surface area (Å²) >= 11 is 0. The second-order valence-corrected chi connectivity index (χ2v) is 11.0. The van der Waals surface area contributed by atoms with Gasteiger partial charge in [-0.2, -0.15) is 0 Å². The summed E-state index contributed by atoms with van der Waals surface area (Å²) in [5.41, 5.74) is 2.96. The Morgan fingerprint density at radius 3 is 1.76 bits per heavy atom. The van der Waals surface area contributed by atoms with Gasteiger partial charge < -0.3 is 34.3 Å². The van der Waals surface area contributed by atoms with Crippen LogP contribution in [-0.4, -0.2) is 70.3 Å². The fourth-order valence-corrected chi connectivity index (χ4v) is 4.85. The van der Waals surface area contributed by atoms with Crippen LogP contribution in [0.3, 0.4) is 0 Å². The molecule has 49 heavy (non-hydrogen) atoms. The molecule has 0 aliphatic carbocycles. The fourth-order valence-electron chi connectivity index (χ4n) is 4.85. The lowest BCUT2D eigenvalue weighted by molar-refractivity contribution is -0.123. The van der Waals surface area contributed by atoms with E-state index in [2.05, 4.69) is 10.6 Å². The lowest BCUT2D eigenvalue weighted by atomic mass is 10.0. The van der Waals surface area contributed by atoms with E-state index >= 15 is 0 Å². The lowest BCUT2D eigenvalue weighted by Crippen LogP contribution is -2.48. The molecule has 0 aliphatic rings. The number of ether oxygens (including phenoxy) is 5. The molecule has 4 rings (SSSR count). The van der Waals surface area contributed by atoms with Gasteiger partial charge in [0.2, 0.25) is 5.91 Å². The second kappa shape index (κ2) is 21.0. The Labute approximate surface area is 287 Å². The minimum atomic E-state index is -0.918. The van der Waals surface area contributed by atoms with Gasteiger partial charge >= 0.3 is 0 Å². The molecule has 1 atom stereocenters. The second-order valence-electron chi connectivity index (χ2n) is 11.0. The van der Waals surface area contributed by atoms with Gasteiger partial charge in [-0.1, -0.05) is 91.0 Å². The first-order valence-electron chi connectivity index (χ1n) is 16.4. The Morgan fingerprint density at radius 1 is 0.653 bits per heavy atom. The van der Waals surface area contributed by atoms with Crippen LogP contribution in [0.5, 0.6) is 11.5 Å². The number of amides is 2. The van der Waals surface area contributed by atoms with Crippen LogP contribution in [0.1, 0.15) is 44.3 Å². The Balaban J connectivity index is 1.50. The molecule has 4 aromatic rings. The lowest BCUT2D eigenvalue weighted by Gasteiger charge is -2.21. The summed E-state index contributed by atoms with van der Waals surface area (Å²) in [6, 6.07) is 30.5. The molecule has 0 saturated heterocycles. The van der Waals surface area contributed by atoms with Crippen molar-refractivity contribution in [3.63, 3.8) is 0 Å². The van der Waals surface area contributed by atoms with Crippen molar-refractivity contribution in [1.82, 2.24) is 10.6 Å². The molecule has 0 bridgehead atoms. The molecule has 2 amide bonds. The maximum absolute atomic E-state index is 14.0. The largest absolute Gasteiger partial charge is 0.484 e. The average Bonchev–Trinajstić information content (AvgIpc) is 3.14. The van der Waals surface area contributed by atoms with Crippen LogP contribution in [0, 0.1) is 0 Å². The van der Waals surface area contributed by atoms with E-state index in [1.54, 1.807) is 0 Å². The summed E-state index contributed by atoms with van der Waals surface area (Å²) in [5, 5.41) is 5.76. The zero-order valence-electron chi connectivity index (χ0n) is 27.8. The first-order chi connectivity index (χ1) is 24.1. The monoisotopic (exact) mass is 668 g/mol. The van der Waals surface area contributed by atoms with E-state index in [1.807, 2.05) is 97.9 Å². The van der Waals surface area contributed by atoms with E-state index in [1.165, 1.54) is 12.1 Å². The van der Waals surface area contributed by atoms with E-state index in [0.717, 1.165) is 16.7 Å². The highest BCUT2D eigenvalue weighted by Gasteiger charge is 2.26. The minimum absolute atomic E-state index is 0.109. The van der Waals surface area contributed by atoms with Crippen molar-refractivity contribution in [2.24, 2.45) is 0 Å². The molecule has 0 aliphatic heterocycles. The number of hydrogen-bond donors (Lipinski definition) is 2. The van der Waals surface area contributed by atoms with Gasteiger partial charge in [0.25, 0.3) is 5.91 Å². The van der Waals surface area contributed by atoms with Crippen LogP contribution in [0.4, 0.5) is 0 Å². The first kappa shape index (κ1) is 36.8. The number of hydrogen-bond acceptors (Lipinski definition) is 8. The van der Waals surface area contributed by atoms with Gasteiger partial charge in [0.1, 0.15) is 19.3 Å². The van der Waals surface area contributed by atoms with Crippen LogP contribution in [0.25, 0.3) is 0 Å². The fraction of sp³-hybridized carbons (Fsp3) is 0.308. The van der Waals surface area contributed by atoms with Crippen molar-refractivity contribution in [3.05, 3.63) is 131 Å². The summed E-state index contributed by atoms with van der Waals surface area (Å²) in [5.74, 6) is -0.671. The molecule has 0 saturated carbocycles. The van der Waals surface area contributed by atoms with E-state index < -0.39 is 11.9 Å². The third-order valence-corrected chi connectivity index (χ3v) is 7.36. The topological polar surface area (TPSA) is 121 Å². The number of benzene rings is 4. The van der Waals surface area contributed by atoms with Crippen molar-refractivity contribution < 1.29 is 38.1 Å². The minimum Gasteiger partial charge on any atom is -0.484 e. The predicted molar refractivity (Wildman–Crippen MR) is 186 cm³/mol. The Morgan fingerprint density at radius 2 is 1.18 bits per heavy atom. The molecule has 0 aromatic heterocycles. The molecule has 0 spiro atoms. The zero-order valence-corrected chi connectivity index (χ0v) is 27.8. The van der Waals surface area contributed by atoms with E-state index in [0.29, 0.717) is 39.3 Å². The summed E-state index contributed by atoms with van der Waals surface area (Å²) in [4.78, 5) is 39.6. The Hall–Kier alpha value is -5.03. The number of aldehydes is 1. The van der Waals surface area contributed by atoms with Gasteiger partial charge in [0.15, 0.2) is 17.8 Å². The molecule has 2 N–H and O–H groups in total. The van der Waals surface area contributed by atoms with E-state index in [-0.39, 0.29) is 61.3 Å². The van der Waals surface area contributed by atoms with E-state index in [9.17, 15) is 14.4 Å². The quantitative estimate of drug-likeness (QED) is 0.0868. The third kappa shape index (κ3) is 12.5. The molecule has 4 aromatic carbocycles. The number of nitrogens with one attached hydrogen (secondary N) is 2. The number of carbonyl (C=O) groups is 3.